The predicted molar refractivity (Wildman–Crippen MR) is 80.8 cm³/mol. The Morgan fingerprint density at radius 3 is 2.37 bits per heavy atom. The Morgan fingerprint density at radius 2 is 1.68 bits per heavy atom. The number of halogens is 3. The summed E-state index contributed by atoms with van der Waals surface area (Å²) in [6.07, 6.45) is 0. The maximum absolute atomic E-state index is 6.07. The fourth-order valence-corrected chi connectivity index (χ4v) is 2.19. The van der Waals surface area contributed by atoms with Gasteiger partial charge in [-0.25, -0.2) is 10.8 Å². The molecule has 4 N–H and O–H groups in total. The summed E-state index contributed by atoms with van der Waals surface area (Å²) in [5.41, 5.74) is 3.35. The number of hydrogen-bond acceptors (Lipinski definition) is 4. The highest BCUT2D eigenvalue weighted by Gasteiger charge is 2.09. The highest BCUT2D eigenvalue weighted by Crippen LogP contribution is 2.29. The van der Waals surface area contributed by atoms with Gasteiger partial charge >= 0.3 is 0 Å². The van der Waals surface area contributed by atoms with Crippen LogP contribution in [-0.4, -0.2) is 4.98 Å². The minimum absolute atomic E-state index is 0.354. The van der Waals surface area contributed by atoms with E-state index in [1.54, 1.807) is 6.07 Å². The van der Waals surface area contributed by atoms with Crippen LogP contribution < -0.4 is 16.6 Å². The Labute approximate surface area is 125 Å². The highest BCUT2D eigenvalue weighted by molar-refractivity contribution is 6.37. The van der Waals surface area contributed by atoms with Crippen molar-refractivity contribution < 1.29 is 0 Å². The monoisotopic (exact) mass is 316 g/mol. The largest absolute Gasteiger partial charge is 0.365 e. The van der Waals surface area contributed by atoms with E-state index in [9.17, 15) is 0 Å². The molecule has 0 saturated carbocycles. The number of nitrogens with zero attached hydrogens (tertiary/aromatic N) is 1. The number of anilines is 2. The number of rotatable bonds is 4. The molecular weight excluding hydrogens is 307 g/mol. The van der Waals surface area contributed by atoms with Gasteiger partial charge in [-0.05, 0) is 17.7 Å². The number of nitrogens with one attached hydrogen (secondary N) is 2. The molecule has 2 aromatic rings. The average molecular weight is 318 g/mol. The first-order chi connectivity index (χ1) is 9.11. The molecule has 2 rings (SSSR count). The first-order valence-corrected chi connectivity index (χ1v) is 6.55. The zero-order valence-electron chi connectivity index (χ0n) is 9.75. The van der Waals surface area contributed by atoms with E-state index < -0.39 is 0 Å². The van der Waals surface area contributed by atoms with Gasteiger partial charge in [0.25, 0.3) is 0 Å². The van der Waals surface area contributed by atoms with Gasteiger partial charge in [-0.3, -0.25) is 0 Å². The van der Waals surface area contributed by atoms with Crippen LogP contribution in [0.25, 0.3) is 0 Å². The van der Waals surface area contributed by atoms with Crippen molar-refractivity contribution in [3.8, 4) is 0 Å². The first-order valence-electron chi connectivity index (χ1n) is 5.41. The smallest absolute Gasteiger partial charge is 0.161 e. The summed E-state index contributed by atoms with van der Waals surface area (Å²) < 4.78 is 0. The summed E-state index contributed by atoms with van der Waals surface area (Å²) in [6.45, 7) is 0.498. The Morgan fingerprint density at radius 1 is 1.00 bits per heavy atom. The van der Waals surface area contributed by atoms with Crippen LogP contribution in [0.5, 0.6) is 0 Å². The molecule has 7 heteroatoms. The van der Waals surface area contributed by atoms with E-state index in [2.05, 4.69) is 15.7 Å². The molecule has 19 heavy (non-hydrogen) atoms. The normalized spacial score (nSPS) is 10.3. The SMILES string of the molecule is NNc1nc(NCc2ccccc2Cl)c(Cl)cc1Cl. The highest BCUT2D eigenvalue weighted by atomic mass is 35.5. The fraction of sp³-hybridized carbons (Fsp3) is 0.0833. The molecule has 0 aliphatic rings. The second-order valence-corrected chi connectivity index (χ2v) is 4.96. The van der Waals surface area contributed by atoms with Crippen LogP contribution in [0.2, 0.25) is 15.1 Å². The summed E-state index contributed by atoms with van der Waals surface area (Å²) in [5, 5.41) is 4.54. The maximum atomic E-state index is 6.07. The third kappa shape index (κ3) is 3.42. The lowest BCUT2D eigenvalue weighted by atomic mass is 10.2. The molecule has 0 amide bonds. The molecule has 1 aromatic carbocycles. The zero-order chi connectivity index (χ0) is 13.8. The number of hydrogen-bond donors (Lipinski definition) is 3. The molecule has 1 aromatic heterocycles. The standard InChI is InChI=1S/C12H11Cl3N4/c13-8-4-2-1-3-7(8)6-17-11-9(14)5-10(15)12(18-11)19-16/h1-5H,6,16H2,(H2,17,18,19). The minimum atomic E-state index is 0.354. The molecule has 0 fully saturated rings. The Bertz CT molecular complexity index is 589. The van der Waals surface area contributed by atoms with E-state index in [0.29, 0.717) is 33.2 Å². The van der Waals surface area contributed by atoms with E-state index in [4.69, 9.17) is 40.6 Å². The molecule has 0 radical (unpaired) electrons. The van der Waals surface area contributed by atoms with E-state index in [1.165, 1.54) is 0 Å². The van der Waals surface area contributed by atoms with Crippen LogP contribution in [0.4, 0.5) is 11.6 Å². The van der Waals surface area contributed by atoms with Gasteiger partial charge < -0.3 is 10.7 Å². The number of benzene rings is 1. The van der Waals surface area contributed by atoms with Gasteiger partial charge in [-0.2, -0.15) is 0 Å². The zero-order valence-corrected chi connectivity index (χ0v) is 12.0. The third-order valence-corrected chi connectivity index (χ3v) is 3.42. The molecule has 0 aliphatic carbocycles. The van der Waals surface area contributed by atoms with E-state index >= 15 is 0 Å². The lowest BCUT2D eigenvalue weighted by Gasteiger charge is -2.11. The first kappa shape index (κ1) is 14.2. The third-order valence-electron chi connectivity index (χ3n) is 2.47. The Hall–Kier alpha value is -1.20. The van der Waals surface area contributed by atoms with Gasteiger partial charge in [-0.15, -0.1) is 0 Å². The van der Waals surface area contributed by atoms with Crippen LogP contribution in [0, 0.1) is 0 Å². The molecule has 4 nitrogen and oxygen atoms in total. The van der Waals surface area contributed by atoms with Crippen molar-refractivity contribution in [2.75, 3.05) is 10.7 Å². The van der Waals surface area contributed by atoms with Crippen molar-refractivity contribution in [2.24, 2.45) is 5.84 Å². The van der Waals surface area contributed by atoms with Gasteiger partial charge in [0, 0.05) is 11.6 Å². The van der Waals surface area contributed by atoms with Crippen LogP contribution >= 0.6 is 34.8 Å². The fourth-order valence-electron chi connectivity index (χ4n) is 1.51. The topological polar surface area (TPSA) is 63.0 Å². The minimum Gasteiger partial charge on any atom is -0.365 e. The molecule has 0 saturated heterocycles. The second kappa shape index (κ2) is 6.30. The van der Waals surface area contributed by atoms with Crippen molar-refractivity contribution in [1.29, 1.82) is 0 Å². The Balaban J connectivity index is 2.18. The molecule has 100 valence electrons. The van der Waals surface area contributed by atoms with Crippen LogP contribution in [0.15, 0.2) is 30.3 Å². The summed E-state index contributed by atoms with van der Waals surface area (Å²) in [4.78, 5) is 4.18. The summed E-state index contributed by atoms with van der Waals surface area (Å²) in [6, 6.07) is 9.09. The summed E-state index contributed by atoms with van der Waals surface area (Å²) in [5.74, 6) is 6.15. The van der Waals surface area contributed by atoms with E-state index in [1.807, 2.05) is 24.3 Å². The molecular formula is C12H11Cl3N4. The van der Waals surface area contributed by atoms with Gasteiger partial charge in [-0.1, -0.05) is 53.0 Å². The number of nitrogen functional groups attached to an aromatic ring is 1. The number of aromatic nitrogens is 1. The molecule has 0 atom stereocenters. The predicted octanol–water partition coefficient (Wildman–Crippen LogP) is 3.94. The molecule has 0 spiro atoms. The summed E-state index contributed by atoms with van der Waals surface area (Å²) >= 11 is 18.0. The van der Waals surface area contributed by atoms with Crippen molar-refractivity contribution in [2.45, 2.75) is 6.54 Å². The van der Waals surface area contributed by atoms with Crippen molar-refractivity contribution in [3.05, 3.63) is 51.0 Å². The number of pyridine rings is 1. The summed E-state index contributed by atoms with van der Waals surface area (Å²) in [7, 11) is 0. The molecule has 0 bridgehead atoms. The van der Waals surface area contributed by atoms with Crippen molar-refractivity contribution in [1.82, 2.24) is 4.98 Å². The van der Waals surface area contributed by atoms with Gasteiger partial charge in [0.15, 0.2) is 5.82 Å². The number of hydrazine groups is 1. The molecule has 0 aliphatic heterocycles. The van der Waals surface area contributed by atoms with Crippen LogP contribution in [0.3, 0.4) is 0 Å². The van der Waals surface area contributed by atoms with E-state index in [-0.39, 0.29) is 0 Å². The lowest BCUT2D eigenvalue weighted by Crippen LogP contribution is -2.11. The molecule has 0 unspecified atom stereocenters. The quantitative estimate of drug-likeness (QED) is 0.590. The van der Waals surface area contributed by atoms with Crippen molar-refractivity contribution >= 4 is 46.4 Å². The van der Waals surface area contributed by atoms with Crippen LogP contribution in [0.1, 0.15) is 5.56 Å². The number of nitrogens with two attached hydrogens (primary N) is 1. The lowest BCUT2D eigenvalue weighted by molar-refractivity contribution is 1.10. The van der Waals surface area contributed by atoms with Crippen LogP contribution in [-0.2, 0) is 6.54 Å². The van der Waals surface area contributed by atoms with E-state index in [0.717, 1.165) is 5.56 Å². The van der Waals surface area contributed by atoms with Gasteiger partial charge in [0.05, 0.1) is 10.0 Å². The van der Waals surface area contributed by atoms with Gasteiger partial charge in [0.1, 0.15) is 5.82 Å². The van der Waals surface area contributed by atoms with Gasteiger partial charge in [0.2, 0.25) is 0 Å². The average Bonchev–Trinajstić information content (AvgIpc) is 2.39. The van der Waals surface area contributed by atoms with Crippen molar-refractivity contribution in [3.63, 3.8) is 0 Å². The molecule has 1 heterocycles. The Kier molecular flexibility index (Phi) is 4.71. The maximum Gasteiger partial charge on any atom is 0.161 e. The second-order valence-electron chi connectivity index (χ2n) is 3.74.